The summed E-state index contributed by atoms with van der Waals surface area (Å²) in [5, 5.41) is 13.0. The van der Waals surface area contributed by atoms with E-state index in [-0.39, 0.29) is 11.7 Å². The van der Waals surface area contributed by atoms with Gasteiger partial charge >= 0.3 is 0 Å². The third kappa shape index (κ3) is 11.3. The molecular formula is C23H42N2O2. The highest BCUT2D eigenvalue weighted by molar-refractivity contribution is 6.40. The molecular weight excluding hydrogens is 336 g/mol. The maximum absolute atomic E-state index is 12.4. The molecule has 2 N–H and O–H groups in total. The number of amidine groups is 1. The molecule has 2 atom stereocenters. The fourth-order valence-corrected chi connectivity index (χ4v) is 3.59. The summed E-state index contributed by atoms with van der Waals surface area (Å²) < 4.78 is 0. The van der Waals surface area contributed by atoms with Crippen LogP contribution in [0, 0.1) is 5.92 Å². The summed E-state index contributed by atoms with van der Waals surface area (Å²) in [7, 11) is 0. The smallest absolute Gasteiger partial charge is 0.202 e. The molecule has 1 aliphatic heterocycles. The number of hydrogen-bond donors (Lipinski definition) is 2. The number of hydrogen-bond acceptors (Lipinski definition) is 4. The number of aliphatic imine (C=N–C) groups is 1. The van der Waals surface area contributed by atoms with Gasteiger partial charge in [-0.3, -0.25) is 9.79 Å². The minimum atomic E-state index is -0.604. The molecule has 1 rings (SSSR count). The first kappa shape index (κ1) is 23.9. The van der Waals surface area contributed by atoms with Crippen LogP contribution < -0.4 is 5.32 Å². The van der Waals surface area contributed by atoms with Gasteiger partial charge in [-0.15, -0.1) is 0 Å². The zero-order chi connectivity index (χ0) is 19.7. The molecule has 0 spiro atoms. The molecule has 0 bridgehead atoms. The SMILES string of the molecule is CCCCCCCCC=CCCCCCCC(C(=O)C1=NCCN1)C(C)O. The van der Waals surface area contributed by atoms with Crippen LogP contribution in [0.4, 0.5) is 0 Å². The number of aliphatic hydroxyl groups is 1. The number of nitrogens with one attached hydrogen (secondary N) is 1. The normalized spacial score (nSPS) is 16.3. The van der Waals surface area contributed by atoms with E-state index in [4.69, 9.17) is 0 Å². The van der Waals surface area contributed by atoms with Crippen LogP contribution in [0.2, 0.25) is 0 Å². The molecule has 0 saturated heterocycles. The molecule has 156 valence electrons. The molecule has 0 amide bonds. The second kappa shape index (κ2) is 15.9. The van der Waals surface area contributed by atoms with Crippen LogP contribution in [-0.2, 0) is 4.79 Å². The summed E-state index contributed by atoms with van der Waals surface area (Å²) in [6.45, 7) is 5.38. The van der Waals surface area contributed by atoms with E-state index in [1.165, 1.54) is 57.8 Å². The molecule has 0 radical (unpaired) electrons. The Morgan fingerprint density at radius 1 is 1.04 bits per heavy atom. The topological polar surface area (TPSA) is 61.7 Å². The number of ketones is 1. The van der Waals surface area contributed by atoms with Crippen LogP contribution in [0.3, 0.4) is 0 Å². The highest BCUT2D eigenvalue weighted by Gasteiger charge is 2.28. The van der Waals surface area contributed by atoms with Gasteiger partial charge in [0.05, 0.1) is 18.6 Å². The Morgan fingerprint density at radius 3 is 2.19 bits per heavy atom. The first-order valence-electron chi connectivity index (χ1n) is 11.3. The van der Waals surface area contributed by atoms with Crippen molar-refractivity contribution in [1.29, 1.82) is 0 Å². The second-order valence-electron chi connectivity index (χ2n) is 7.89. The molecule has 0 aromatic carbocycles. The summed E-state index contributed by atoms with van der Waals surface area (Å²) in [5.41, 5.74) is 0. The van der Waals surface area contributed by atoms with E-state index in [0.29, 0.717) is 12.4 Å². The molecule has 2 unspecified atom stereocenters. The Hall–Kier alpha value is -1.16. The largest absolute Gasteiger partial charge is 0.393 e. The van der Waals surface area contributed by atoms with E-state index in [9.17, 15) is 9.90 Å². The van der Waals surface area contributed by atoms with Gasteiger partial charge in [0.25, 0.3) is 0 Å². The standard InChI is InChI=1S/C23H42N2O2/c1-3-4-5-6-7-8-9-10-11-12-13-14-15-16-17-21(20(2)26)22(27)23-24-18-19-25-23/h10-11,20-21,26H,3-9,12-19H2,1-2H3,(H,24,25). The highest BCUT2D eigenvalue weighted by atomic mass is 16.3. The number of rotatable bonds is 17. The van der Waals surface area contributed by atoms with Gasteiger partial charge in [-0.25, -0.2) is 0 Å². The fraction of sp³-hybridized carbons (Fsp3) is 0.826. The average Bonchev–Trinajstić information content (AvgIpc) is 3.19. The van der Waals surface area contributed by atoms with Crippen molar-refractivity contribution in [3.05, 3.63) is 12.2 Å². The van der Waals surface area contributed by atoms with E-state index in [2.05, 4.69) is 29.4 Å². The van der Waals surface area contributed by atoms with E-state index in [1.807, 2.05) is 0 Å². The number of allylic oxidation sites excluding steroid dienone is 2. The molecule has 27 heavy (non-hydrogen) atoms. The van der Waals surface area contributed by atoms with Gasteiger partial charge in [-0.1, -0.05) is 70.4 Å². The predicted octanol–water partition coefficient (Wildman–Crippen LogP) is 5.20. The Labute approximate surface area is 166 Å². The maximum Gasteiger partial charge on any atom is 0.202 e. The summed E-state index contributed by atoms with van der Waals surface area (Å²) in [6.07, 6.45) is 19.9. The van der Waals surface area contributed by atoms with Crippen molar-refractivity contribution in [2.24, 2.45) is 10.9 Å². The molecule has 0 saturated carbocycles. The minimum absolute atomic E-state index is 0.0138. The third-order valence-electron chi connectivity index (χ3n) is 5.35. The number of carbonyl (C=O) groups excluding carboxylic acids is 1. The Bertz CT molecular complexity index is 444. The molecule has 0 aromatic heterocycles. The van der Waals surface area contributed by atoms with Crippen LogP contribution in [0.15, 0.2) is 17.1 Å². The maximum atomic E-state index is 12.4. The van der Waals surface area contributed by atoms with Crippen LogP contribution >= 0.6 is 0 Å². The monoisotopic (exact) mass is 378 g/mol. The molecule has 1 aliphatic rings. The van der Waals surface area contributed by atoms with Crippen molar-refractivity contribution >= 4 is 11.6 Å². The number of unbranched alkanes of at least 4 members (excludes halogenated alkanes) is 10. The van der Waals surface area contributed by atoms with Crippen molar-refractivity contribution in [2.45, 2.75) is 103 Å². The lowest BCUT2D eigenvalue weighted by molar-refractivity contribution is -0.119. The lowest BCUT2D eigenvalue weighted by Gasteiger charge is -2.18. The van der Waals surface area contributed by atoms with Gasteiger partial charge < -0.3 is 10.4 Å². The Morgan fingerprint density at radius 2 is 1.63 bits per heavy atom. The van der Waals surface area contributed by atoms with Crippen LogP contribution in [0.5, 0.6) is 0 Å². The van der Waals surface area contributed by atoms with E-state index < -0.39 is 6.10 Å². The third-order valence-corrected chi connectivity index (χ3v) is 5.35. The summed E-state index contributed by atoms with van der Waals surface area (Å²) in [4.78, 5) is 16.6. The molecule has 0 aliphatic carbocycles. The average molecular weight is 379 g/mol. The number of aliphatic hydroxyl groups excluding tert-OH is 1. The van der Waals surface area contributed by atoms with Crippen molar-refractivity contribution in [3.63, 3.8) is 0 Å². The molecule has 0 fully saturated rings. The molecule has 4 nitrogen and oxygen atoms in total. The van der Waals surface area contributed by atoms with E-state index in [0.717, 1.165) is 32.2 Å². The molecule has 0 aromatic rings. The summed E-state index contributed by atoms with van der Waals surface area (Å²) in [5.74, 6) is 0.142. The first-order valence-corrected chi connectivity index (χ1v) is 11.3. The van der Waals surface area contributed by atoms with Crippen molar-refractivity contribution < 1.29 is 9.90 Å². The van der Waals surface area contributed by atoms with Crippen LogP contribution in [0.1, 0.15) is 97.3 Å². The lowest BCUT2D eigenvalue weighted by Crippen LogP contribution is -2.37. The van der Waals surface area contributed by atoms with Crippen molar-refractivity contribution in [3.8, 4) is 0 Å². The van der Waals surface area contributed by atoms with Gasteiger partial charge in [0.15, 0.2) is 5.84 Å². The van der Waals surface area contributed by atoms with Gasteiger partial charge in [0.2, 0.25) is 5.78 Å². The fourth-order valence-electron chi connectivity index (χ4n) is 3.59. The second-order valence-corrected chi connectivity index (χ2v) is 7.89. The summed E-state index contributed by atoms with van der Waals surface area (Å²) >= 11 is 0. The predicted molar refractivity (Wildman–Crippen MR) is 115 cm³/mol. The van der Waals surface area contributed by atoms with Crippen LogP contribution in [-0.4, -0.2) is 35.9 Å². The van der Waals surface area contributed by atoms with Gasteiger partial charge in [-0.2, -0.15) is 0 Å². The van der Waals surface area contributed by atoms with Gasteiger partial charge in [-0.05, 0) is 39.0 Å². The lowest BCUT2D eigenvalue weighted by atomic mass is 9.91. The van der Waals surface area contributed by atoms with E-state index >= 15 is 0 Å². The zero-order valence-electron chi connectivity index (χ0n) is 17.7. The molecule has 1 heterocycles. The van der Waals surface area contributed by atoms with E-state index in [1.54, 1.807) is 6.92 Å². The van der Waals surface area contributed by atoms with Crippen molar-refractivity contribution in [1.82, 2.24) is 5.32 Å². The number of nitrogens with zero attached hydrogens (tertiary/aromatic N) is 1. The van der Waals surface area contributed by atoms with Crippen molar-refractivity contribution in [2.75, 3.05) is 13.1 Å². The number of Topliss-reactive ketones (excluding diaryl/α,β-unsaturated/α-hetero) is 1. The minimum Gasteiger partial charge on any atom is -0.393 e. The zero-order valence-corrected chi connectivity index (χ0v) is 17.7. The first-order chi connectivity index (χ1) is 13.2. The van der Waals surface area contributed by atoms with Gasteiger partial charge in [0.1, 0.15) is 0 Å². The Kier molecular flexibility index (Phi) is 14.0. The Balaban J connectivity index is 2.00. The number of carbonyl (C=O) groups is 1. The quantitative estimate of drug-likeness (QED) is 0.270. The van der Waals surface area contributed by atoms with Gasteiger partial charge in [0, 0.05) is 6.54 Å². The van der Waals surface area contributed by atoms with Crippen LogP contribution in [0.25, 0.3) is 0 Å². The molecule has 4 heteroatoms. The highest BCUT2D eigenvalue weighted by Crippen LogP contribution is 2.17. The summed E-state index contributed by atoms with van der Waals surface area (Å²) in [6, 6.07) is 0.